The number of ether oxygens (including phenoxy) is 1. The molecule has 0 saturated heterocycles. The van der Waals surface area contributed by atoms with Gasteiger partial charge in [-0.15, -0.1) is 0 Å². The molecule has 13 heavy (non-hydrogen) atoms. The molecule has 0 aliphatic heterocycles. The van der Waals surface area contributed by atoms with Crippen molar-refractivity contribution in [3.63, 3.8) is 0 Å². The van der Waals surface area contributed by atoms with Gasteiger partial charge in [0.1, 0.15) is 0 Å². The van der Waals surface area contributed by atoms with Gasteiger partial charge in [-0.1, -0.05) is 0 Å². The summed E-state index contributed by atoms with van der Waals surface area (Å²) in [7, 11) is -0.0729. The molecule has 0 radical (unpaired) electrons. The van der Waals surface area contributed by atoms with Crippen LogP contribution in [0.4, 0.5) is 0 Å². The maximum atomic E-state index is 11.1. The molecule has 6 nitrogen and oxygen atoms in total. The van der Waals surface area contributed by atoms with Gasteiger partial charge in [0.15, 0.2) is 0 Å². The van der Waals surface area contributed by atoms with Crippen LogP contribution >= 0.6 is 0 Å². The molecule has 0 heterocycles. The number of likely N-dealkylation sites (N-methyl/N-ethyl adjacent to an activating group) is 1. The molecule has 0 aliphatic carbocycles. The Balaban J connectivity index is 3.55. The fraction of sp³-hybridized carbons (Fsp3) is 1.00. The van der Waals surface area contributed by atoms with Gasteiger partial charge in [0, 0.05) is 26.7 Å². The summed E-state index contributed by atoms with van der Waals surface area (Å²) in [6.07, 6.45) is 0. The van der Waals surface area contributed by atoms with Crippen molar-refractivity contribution in [3.05, 3.63) is 0 Å². The van der Waals surface area contributed by atoms with Crippen molar-refractivity contribution < 1.29 is 13.2 Å². The molecule has 0 atom stereocenters. The molecule has 3 N–H and O–H groups in total. The van der Waals surface area contributed by atoms with Crippen molar-refractivity contribution in [2.24, 2.45) is 0 Å². The quantitative estimate of drug-likeness (QED) is 0.417. The first-order valence-electron chi connectivity index (χ1n) is 4.00. The lowest BCUT2D eigenvalue weighted by Crippen LogP contribution is -2.40. The van der Waals surface area contributed by atoms with Gasteiger partial charge in [0.25, 0.3) is 10.2 Å². The minimum atomic E-state index is -3.35. The summed E-state index contributed by atoms with van der Waals surface area (Å²) in [6, 6.07) is 0. The highest BCUT2D eigenvalue weighted by Crippen LogP contribution is 1.75. The Kier molecular flexibility index (Phi) is 7.10. The highest BCUT2D eigenvalue weighted by molar-refractivity contribution is 7.87. The van der Waals surface area contributed by atoms with Crippen LogP contribution < -0.4 is 14.8 Å². The van der Waals surface area contributed by atoms with Crippen molar-refractivity contribution in [2.45, 2.75) is 0 Å². The minimum Gasteiger partial charge on any atom is -0.383 e. The predicted octanol–water partition coefficient (Wildman–Crippen LogP) is -1.72. The maximum Gasteiger partial charge on any atom is 0.277 e. The second-order valence-electron chi connectivity index (χ2n) is 2.39. The highest BCUT2D eigenvalue weighted by Gasteiger charge is 2.05. The van der Waals surface area contributed by atoms with E-state index in [2.05, 4.69) is 14.8 Å². The zero-order chi connectivity index (χ0) is 10.2. The fourth-order valence-corrected chi connectivity index (χ4v) is 1.46. The van der Waals surface area contributed by atoms with E-state index >= 15 is 0 Å². The van der Waals surface area contributed by atoms with E-state index < -0.39 is 10.2 Å². The zero-order valence-corrected chi connectivity index (χ0v) is 8.78. The van der Waals surface area contributed by atoms with Gasteiger partial charge in [-0.3, -0.25) is 0 Å². The Morgan fingerprint density at radius 1 is 1.15 bits per heavy atom. The smallest absolute Gasteiger partial charge is 0.277 e. The molecular formula is C6H17N3O3S. The van der Waals surface area contributed by atoms with Crippen molar-refractivity contribution in [2.75, 3.05) is 40.4 Å². The standard InChI is InChI=1S/C6H17N3O3S/c1-7-3-4-8-13(10,11)9-5-6-12-2/h7-9H,3-6H2,1-2H3. The number of methoxy groups -OCH3 is 1. The zero-order valence-electron chi connectivity index (χ0n) is 7.96. The van der Waals surface area contributed by atoms with Crippen LogP contribution in [0.25, 0.3) is 0 Å². The lowest BCUT2D eigenvalue weighted by atomic mass is 10.7. The Bertz CT molecular complexity index is 189. The van der Waals surface area contributed by atoms with Crippen LogP contribution in [-0.4, -0.2) is 48.8 Å². The van der Waals surface area contributed by atoms with Gasteiger partial charge in [-0.2, -0.15) is 13.1 Å². The third-order valence-electron chi connectivity index (χ3n) is 1.27. The Labute approximate surface area is 79.2 Å². The lowest BCUT2D eigenvalue weighted by molar-refractivity contribution is 0.204. The molecule has 0 spiro atoms. The second kappa shape index (κ2) is 7.22. The molecule has 0 aromatic rings. The molecule has 0 aliphatic rings. The summed E-state index contributed by atoms with van der Waals surface area (Å²) in [4.78, 5) is 0. The van der Waals surface area contributed by atoms with Crippen molar-refractivity contribution in [3.8, 4) is 0 Å². The van der Waals surface area contributed by atoms with E-state index in [0.29, 0.717) is 19.7 Å². The van der Waals surface area contributed by atoms with Gasteiger partial charge < -0.3 is 10.1 Å². The topological polar surface area (TPSA) is 79.5 Å². The molecule has 80 valence electrons. The minimum absolute atomic E-state index is 0.283. The SMILES string of the molecule is CNCCNS(=O)(=O)NCCOC. The Hall–Kier alpha value is -0.210. The van der Waals surface area contributed by atoms with Crippen LogP contribution in [0.3, 0.4) is 0 Å². The van der Waals surface area contributed by atoms with Crippen LogP contribution in [0.2, 0.25) is 0 Å². The van der Waals surface area contributed by atoms with Crippen molar-refractivity contribution in [1.29, 1.82) is 0 Å². The normalized spacial score (nSPS) is 11.8. The van der Waals surface area contributed by atoms with Gasteiger partial charge in [-0.05, 0) is 7.05 Å². The highest BCUT2D eigenvalue weighted by atomic mass is 32.2. The van der Waals surface area contributed by atoms with E-state index in [-0.39, 0.29) is 6.54 Å². The largest absolute Gasteiger partial charge is 0.383 e. The van der Waals surface area contributed by atoms with Crippen molar-refractivity contribution >= 4 is 10.2 Å². The molecule has 0 aromatic heterocycles. The van der Waals surface area contributed by atoms with E-state index in [9.17, 15) is 8.42 Å². The molecule has 0 aromatic carbocycles. The van der Waals surface area contributed by atoms with Crippen LogP contribution in [-0.2, 0) is 14.9 Å². The van der Waals surface area contributed by atoms with Gasteiger partial charge in [0.2, 0.25) is 0 Å². The third kappa shape index (κ3) is 8.13. The van der Waals surface area contributed by atoms with Gasteiger partial charge >= 0.3 is 0 Å². The average molecular weight is 211 g/mol. The number of hydrogen-bond donors (Lipinski definition) is 3. The molecule has 7 heteroatoms. The molecular weight excluding hydrogens is 194 g/mol. The summed E-state index contributed by atoms with van der Waals surface area (Å²) in [5, 5.41) is 2.83. The fourth-order valence-electron chi connectivity index (χ4n) is 0.640. The molecule has 0 fully saturated rings. The van der Waals surface area contributed by atoms with E-state index in [0.717, 1.165) is 0 Å². The van der Waals surface area contributed by atoms with E-state index in [1.807, 2.05) is 0 Å². The number of nitrogens with one attached hydrogen (secondary N) is 3. The Morgan fingerprint density at radius 2 is 1.77 bits per heavy atom. The average Bonchev–Trinajstić information content (AvgIpc) is 2.05. The molecule has 0 bridgehead atoms. The third-order valence-corrected chi connectivity index (χ3v) is 2.43. The maximum absolute atomic E-state index is 11.1. The van der Waals surface area contributed by atoms with Crippen LogP contribution in [0.15, 0.2) is 0 Å². The Morgan fingerprint density at radius 3 is 2.31 bits per heavy atom. The first-order chi connectivity index (χ1) is 6.12. The summed E-state index contributed by atoms with van der Waals surface area (Å²) < 4.78 is 31.5. The number of hydrogen-bond acceptors (Lipinski definition) is 4. The summed E-state index contributed by atoms with van der Waals surface area (Å²) in [5.74, 6) is 0. The molecule has 0 amide bonds. The van der Waals surface area contributed by atoms with Crippen LogP contribution in [0.1, 0.15) is 0 Å². The lowest BCUT2D eigenvalue weighted by Gasteiger charge is -2.06. The molecule has 0 saturated carbocycles. The monoisotopic (exact) mass is 211 g/mol. The van der Waals surface area contributed by atoms with Gasteiger partial charge in [0.05, 0.1) is 6.61 Å². The van der Waals surface area contributed by atoms with Crippen LogP contribution in [0, 0.1) is 0 Å². The molecule has 0 rings (SSSR count). The summed E-state index contributed by atoms with van der Waals surface area (Å²) in [6.45, 7) is 1.63. The summed E-state index contributed by atoms with van der Waals surface area (Å²) >= 11 is 0. The van der Waals surface area contributed by atoms with E-state index in [1.165, 1.54) is 7.11 Å². The van der Waals surface area contributed by atoms with Crippen LogP contribution in [0.5, 0.6) is 0 Å². The molecule has 0 unspecified atom stereocenters. The second-order valence-corrected chi connectivity index (χ2v) is 3.97. The van der Waals surface area contributed by atoms with E-state index in [1.54, 1.807) is 7.05 Å². The first kappa shape index (κ1) is 12.8. The first-order valence-corrected chi connectivity index (χ1v) is 5.48. The van der Waals surface area contributed by atoms with E-state index in [4.69, 9.17) is 4.74 Å². The number of rotatable bonds is 8. The van der Waals surface area contributed by atoms with Crippen molar-refractivity contribution in [1.82, 2.24) is 14.8 Å². The van der Waals surface area contributed by atoms with Gasteiger partial charge in [-0.25, -0.2) is 4.72 Å². The predicted molar refractivity (Wildman–Crippen MR) is 50.7 cm³/mol. The summed E-state index contributed by atoms with van der Waals surface area (Å²) in [5.41, 5.74) is 0.